The van der Waals surface area contributed by atoms with E-state index in [0.29, 0.717) is 28.8 Å². The lowest BCUT2D eigenvalue weighted by Gasteiger charge is -2.33. The topological polar surface area (TPSA) is 67.9 Å². The summed E-state index contributed by atoms with van der Waals surface area (Å²) in [6.07, 6.45) is 3.18. The molecular weight excluding hydrogens is 448 g/mol. The maximum Gasteiger partial charge on any atom is 0.262 e. The van der Waals surface area contributed by atoms with E-state index in [0.717, 1.165) is 35.8 Å². The number of benzene rings is 3. The molecule has 8 heteroatoms. The van der Waals surface area contributed by atoms with E-state index < -0.39 is 10.0 Å². The number of hydrogen-bond acceptors (Lipinski definition) is 5. The van der Waals surface area contributed by atoms with Gasteiger partial charge in [0.15, 0.2) is 0 Å². The molecule has 5 rings (SSSR count). The zero-order chi connectivity index (χ0) is 22.3. The average molecular weight is 473 g/mol. The number of sulfonamides is 1. The van der Waals surface area contributed by atoms with Gasteiger partial charge >= 0.3 is 0 Å². The maximum absolute atomic E-state index is 13.2. The van der Waals surface area contributed by atoms with Crippen LogP contribution >= 0.6 is 11.6 Å². The first-order valence-corrected chi connectivity index (χ1v) is 12.6. The second-order valence-corrected chi connectivity index (χ2v) is 10.4. The lowest BCUT2D eigenvalue weighted by Crippen LogP contribution is -2.41. The highest BCUT2D eigenvalue weighted by atomic mass is 35.5. The number of nitrogens with zero attached hydrogens (tertiary/aromatic N) is 1. The summed E-state index contributed by atoms with van der Waals surface area (Å²) in [5.74, 6) is 1.26. The molecule has 1 fully saturated rings. The molecular formula is C24H25ClN2O4S. The first kappa shape index (κ1) is 21.4. The summed E-state index contributed by atoms with van der Waals surface area (Å²) in [5, 5.41) is 2.16. The van der Waals surface area contributed by atoms with Crippen molar-refractivity contribution < 1.29 is 17.9 Å². The van der Waals surface area contributed by atoms with E-state index in [4.69, 9.17) is 21.1 Å². The predicted octanol–water partition coefficient (Wildman–Crippen LogP) is 4.70. The number of likely N-dealkylation sites (tertiary alicyclic amines) is 1. The van der Waals surface area contributed by atoms with E-state index in [2.05, 4.69) is 9.62 Å². The molecule has 0 spiro atoms. The van der Waals surface area contributed by atoms with Gasteiger partial charge < -0.3 is 9.47 Å². The van der Waals surface area contributed by atoms with Gasteiger partial charge in [-0.2, -0.15) is 0 Å². The Hall–Kier alpha value is -2.48. The SMILES string of the molecule is COc1ccc(NS(=O)(=O)c2ccc3c(Cl)cccc3c2)c2c1C[C@@H](N1CCCC1)CO2. The van der Waals surface area contributed by atoms with Crippen LogP contribution in [0.15, 0.2) is 53.4 Å². The fourth-order valence-electron chi connectivity index (χ4n) is 4.65. The molecule has 1 saturated heterocycles. The Kier molecular flexibility index (Phi) is 5.65. The molecule has 0 unspecified atom stereocenters. The summed E-state index contributed by atoms with van der Waals surface area (Å²) in [6, 6.07) is 14.1. The van der Waals surface area contributed by atoms with Crippen LogP contribution in [0.4, 0.5) is 5.69 Å². The summed E-state index contributed by atoms with van der Waals surface area (Å²) in [5.41, 5.74) is 1.33. The molecule has 2 aliphatic rings. The molecule has 2 aliphatic heterocycles. The highest BCUT2D eigenvalue weighted by Crippen LogP contribution is 2.41. The molecule has 0 aliphatic carbocycles. The number of nitrogens with one attached hydrogen (secondary N) is 1. The van der Waals surface area contributed by atoms with Crippen molar-refractivity contribution in [2.45, 2.75) is 30.2 Å². The Balaban J connectivity index is 1.47. The minimum atomic E-state index is -3.82. The number of ether oxygens (including phenoxy) is 2. The second kappa shape index (κ2) is 8.46. The lowest BCUT2D eigenvalue weighted by atomic mass is 9.99. The summed E-state index contributed by atoms with van der Waals surface area (Å²) in [6.45, 7) is 2.68. The van der Waals surface area contributed by atoms with Crippen molar-refractivity contribution in [2.24, 2.45) is 0 Å². The molecule has 0 amide bonds. The molecule has 3 aromatic carbocycles. The predicted molar refractivity (Wildman–Crippen MR) is 127 cm³/mol. The number of rotatable bonds is 5. The Morgan fingerprint density at radius 2 is 1.94 bits per heavy atom. The molecule has 0 radical (unpaired) electrons. The number of fused-ring (bicyclic) bond motifs is 2. The molecule has 1 atom stereocenters. The third-order valence-corrected chi connectivity index (χ3v) is 8.00. The van der Waals surface area contributed by atoms with Crippen LogP contribution in [0.25, 0.3) is 10.8 Å². The number of halogens is 1. The van der Waals surface area contributed by atoms with E-state index in [1.54, 1.807) is 49.6 Å². The van der Waals surface area contributed by atoms with Crippen LogP contribution in [0.2, 0.25) is 5.02 Å². The van der Waals surface area contributed by atoms with Crippen molar-refractivity contribution >= 4 is 38.1 Å². The van der Waals surface area contributed by atoms with Gasteiger partial charge in [0.25, 0.3) is 10.0 Å². The van der Waals surface area contributed by atoms with Gasteiger partial charge in [0.2, 0.25) is 0 Å². The van der Waals surface area contributed by atoms with Crippen molar-refractivity contribution in [1.29, 1.82) is 0 Å². The van der Waals surface area contributed by atoms with Gasteiger partial charge in [-0.15, -0.1) is 0 Å². The molecule has 0 saturated carbocycles. The van der Waals surface area contributed by atoms with Gasteiger partial charge in [-0.05, 0) is 68.1 Å². The van der Waals surface area contributed by atoms with Crippen LogP contribution in [-0.2, 0) is 16.4 Å². The van der Waals surface area contributed by atoms with Gasteiger partial charge in [-0.1, -0.05) is 29.8 Å². The van der Waals surface area contributed by atoms with Crippen LogP contribution in [0, 0.1) is 0 Å². The highest BCUT2D eigenvalue weighted by Gasteiger charge is 2.31. The van der Waals surface area contributed by atoms with Crippen molar-refractivity contribution in [3.8, 4) is 11.5 Å². The minimum Gasteiger partial charge on any atom is -0.496 e. The Morgan fingerprint density at radius 1 is 1.12 bits per heavy atom. The molecule has 6 nitrogen and oxygen atoms in total. The Morgan fingerprint density at radius 3 is 2.72 bits per heavy atom. The molecule has 3 aromatic rings. The molecule has 0 aromatic heterocycles. The van der Waals surface area contributed by atoms with Gasteiger partial charge in [-0.3, -0.25) is 9.62 Å². The van der Waals surface area contributed by atoms with Crippen LogP contribution in [-0.4, -0.2) is 46.2 Å². The van der Waals surface area contributed by atoms with Gasteiger partial charge in [0.05, 0.1) is 17.7 Å². The van der Waals surface area contributed by atoms with Crippen molar-refractivity contribution in [3.05, 3.63) is 59.1 Å². The van der Waals surface area contributed by atoms with E-state index in [9.17, 15) is 8.42 Å². The first-order valence-electron chi connectivity index (χ1n) is 10.7. The number of anilines is 1. The largest absolute Gasteiger partial charge is 0.496 e. The number of methoxy groups -OCH3 is 1. The fourth-order valence-corrected chi connectivity index (χ4v) is 5.99. The van der Waals surface area contributed by atoms with E-state index in [-0.39, 0.29) is 10.9 Å². The molecule has 0 bridgehead atoms. The highest BCUT2D eigenvalue weighted by molar-refractivity contribution is 7.92. The molecule has 168 valence electrons. The summed E-state index contributed by atoms with van der Waals surface area (Å²) in [7, 11) is -2.20. The summed E-state index contributed by atoms with van der Waals surface area (Å²) in [4.78, 5) is 2.61. The third-order valence-electron chi connectivity index (χ3n) is 6.31. The Labute approximate surface area is 193 Å². The van der Waals surface area contributed by atoms with E-state index in [1.165, 1.54) is 12.8 Å². The van der Waals surface area contributed by atoms with Crippen molar-refractivity contribution in [1.82, 2.24) is 4.90 Å². The van der Waals surface area contributed by atoms with E-state index >= 15 is 0 Å². The van der Waals surface area contributed by atoms with Gasteiger partial charge in [0, 0.05) is 22.0 Å². The van der Waals surface area contributed by atoms with Gasteiger partial charge in [-0.25, -0.2) is 8.42 Å². The molecule has 1 N–H and O–H groups in total. The summed E-state index contributed by atoms with van der Waals surface area (Å²) >= 11 is 6.22. The number of hydrogen-bond donors (Lipinski definition) is 1. The van der Waals surface area contributed by atoms with Crippen molar-refractivity contribution in [3.63, 3.8) is 0 Å². The smallest absolute Gasteiger partial charge is 0.262 e. The maximum atomic E-state index is 13.2. The first-order chi connectivity index (χ1) is 15.5. The lowest BCUT2D eigenvalue weighted by molar-refractivity contribution is 0.141. The normalized spacial score (nSPS) is 18.9. The fraction of sp³-hybridized carbons (Fsp3) is 0.333. The second-order valence-electron chi connectivity index (χ2n) is 8.26. The van der Waals surface area contributed by atoms with E-state index in [1.807, 2.05) is 6.07 Å². The van der Waals surface area contributed by atoms with Crippen molar-refractivity contribution in [2.75, 3.05) is 31.5 Å². The zero-order valence-corrected chi connectivity index (χ0v) is 19.4. The third kappa shape index (κ3) is 3.89. The monoisotopic (exact) mass is 472 g/mol. The zero-order valence-electron chi connectivity index (χ0n) is 17.8. The Bertz CT molecular complexity index is 1270. The molecule has 2 heterocycles. The molecule has 32 heavy (non-hydrogen) atoms. The van der Waals surface area contributed by atoms with Crippen LogP contribution in [0.1, 0.15) is 18.4 Å². The van der Waals surface area contributed by atoms with Crippen LogP contribution in [0.3, 0.4) is 0 Å². The average Bonchev–Trinajstić information content (AvgIpc) is 3.34. The standard InChI is InChI=1S/C24H25ClN2O4S/c1-30-23-10-9-22(24-20(23)14-17(15-31-24)27-11-2-3-12-27)26-32(28,29)18-7-8-19-16(13-18)5-4-6-21(19)25/h4-10,13,17,26H,2-3,11-12,14-15H2,1H3/t17-/m1/s1. The van der Waals surface area contributed by atoms with Gasteiger partial charge in [0.1, 0.15) is 18.1 Å². The summed E-state index contributed by atoms with van der Waals surface area (Å²) < 4.78 is 40.8. The minimum absolute atomic E-state index is 0.169. The van der Waals surface area contributed by atoms with Crippen LogP contribution in [0.5, 0.6) is 11.5 Å². The van der Waals surface area contributed by atoms with Crippen LogP contribution < -0.4 is 14.2 Å². The quantitative estimate of drug-likeness (QED) is 0.582.